The van der Waals surface area contributed by atoms with Crippen molar-refractivity contribution in [3.63, 3.8) is 0 Å². The van der Waals surface area contributed by atoms with Crippen LogP contribution in [0.2, 0.25) is 0 Å². The van der Waals surface area contributed by atoms with Gasteiger partial charge in [-0.05, 0) is 70.2 Å². The summed E-state index contributed by atoms with van der Waals surface area (Å²) in [7, 11) is 0. The molecule has 1 atom stereocenters. The van der Waals surface area contributed by atoms with Crippen LogP contribution in [0.3, 0.4) is 0 Å². The van der Waals surface area contributed by atoms with Crippen LogP contribution in [0, 0.1) is 5.92 Å². The molecule has 3 aromatic rings. The van der Waals surface area contributed by atoms with Crippen molar-refractivity contribution in [3.05, 3.63) is 106 Å². The Morgan fingerprint density at radius 3 is 2.47 bits per heavy atom. The first-order valence-electron chi connectivity index (χ1n) is 11.6. The molecule has 1 unspecified atom stereocenters. The number of benzene rings is 3. The number of aliphatic carboxylic acids is 1. The molecule has 1 saturated heterocycles. The van der Waals surface area contributed by atoms with Crippen molar-refractivity contribution in [2.75, 3.05) is 13.1 Å². The fourth-order valence-corrected chi connectivity index (χ4v) is 5.53. The molecule has 3 aliphatic rings. The van der Waals surface area contributed by atoms with Crippen molar-refractivity contribution < 1.29 is 9.90 Å². The SMILES string of the molecule is O=C(O)C1CN(C2Cc3ccc(C4=Cc5cc(Cc6ccccc6)ccc5C4)cc3C2)C1. The van der Waals surface area contributed by atoms with E-state index in [4.69, 9.17) is 5.11 Å². The van der Waals surface area contributed by atoms with Crippen LogP contribution in [0.4, 0.5) is 0 Å². The first kappa shape index (κ1) is 19.5. The Morgan fingerprint density at radius 1 is 0.875 bits per heavy atom. The second kappa shape index (κ2) is 7.75. The number of nitrogens with zero attached hydrogens (tertiary/aromatic N) is 1. The number of carbonyl (C=O) groups is 1. The van der Waals surface area contributed by atoms with E-state index in [1.165, 1.54) is 44.5 Å². The third-order valence-electron chi connectivity index (χ3n) is 7.44. The molecule has 0 radical (unpaired) electrons. The molecule has 1 aliphatic heterocycles. The van der Waals surface area contributed by atoms with Crippen molar-refractivity contribution in [1.29, 1.82) is 0 Å². The highest BCUT2D eigenvalue weighted by atomic mass is 16.4. The number of fused-ring (bicyclic) bond motifs is 2. The summed E-state index contributed by atoms with van der Waals surface area (Å²) in [5, 5.41) is 9.16. The lowest BCUT2D eigenvalue weighted by Gasteiger charge is -2.41. The van der Waals surface area contributed by atoms with Gasteiger partial charge in [-0.3, -0.25) is 9.69 Å². The van der Waals surface area contributed by atoms with Crippen LogP contribution in [0.5, 0.6) is 0 Å². The molecule has 2 aliphatic carbocycles. The largest absolute Gasteiger partial charge is 0.481 e. The minimum atomic E-state index is -0.654. The fourth-order valence-electron chi connectivity index (χ4n) is 5.53. The fraction of sp³-hybridized carbons (Fsp3) is 0.276. The highest BCUT2D eigenvalue weighted by Gasteiger charge is 2.38. The molecule has 3 heteroatoms. The van der Waals surface area contributed by atoms with E-state index in [0.29, 0.717) is 19.1 Å². The Kier molecular flexibility index (Phi) is 4.73. The van der Waals surface area contributed by atoms with Crippen LogP contribution >= 0.6 is 0 Å². The normalized spacial score (nSPS) is 19.9. The van der Waals surface area contributed by atoms with Crippen molar-refractivity contribution in [2.24, 2.45) is 5.92 Å². The second-order valence-corrected chi connectivity index (χ2v) is 9.58. The van der Waals surface area contributed by atoms with E-state index in [1.54, 1.807) is 0 Å². The maximum atomic E-state index is 11.1. The maximum absolute atomic E-state index is 11.1. The van der Waals surface area contributed by atoms with E-state index < -0.39 is 5.97 Å². The highest BCUT2D eigenvalue weighted by molar-refractivity contribution is 5.89. The molecule has 6 rings (SSSR count). The number of carboxylic acids is 1. The smallest absolute Gasteiger partial charge is 0.309 e. The zero-order valence-electron chi connectivity index (χ0n) is 18.1. The Bertz CT molecular complexity index is 1220. The van der Waals surface area contributed by atoms with Gasteiger partial charge in [-0.25, -0.2) is 0 Å². The molecule has 160 valence electrons. The molecule has 32 heavy (non-hydrogen) atoms. The summed E-state index contributed by atoms with van der Waals surface area (Å²) in [6.45, 7) is 1.40. The van der Waals surface area contributed by atoms with Crippen LogP contribution in [0.25, 0.3) is 11.6 Å². The molecule has 0 aromatic heterocycles. The van der Waals surface area contributed by atoms with Crippen molar-refractivity contribution in [1.82, 2.24) is 4.90 Å². The molecule has 1 fully saturated rings. The summed E-state index contributed by atoms with van der Waals surface area (Å²) in [6.07, 6.45) is 6.41. The quantitative estimate of drug-likeness (QED) is 0.640. The number of rotatable bonds is 5. The second-order valence-electron chi connectivity index (χ2n) is 9.58. The van der Waals surface area contributed by atoms with E-state index in [2.05, 4.69) is 77.7 Å². The standard InChI is InChI=1S/C29H27NO2/c31-29(32)27-17-30(18-27)28-15-23-9-8-22(13-26(23)16-28)25-12-21-7-6-20(11-24(21)14-25)10-19-4-2-1-3-5-19/h1-9,11,13-14,27-28H,10,12,15-18H2,(H,31,32). The molecule has 0 amide bonds. The lowest BCUT2D eigenvalue weighted by Crippen LogP contribution is -2.55. The zero-order chi connectivity index (χ0) is 21.7. The Labute approximate surface area is 189 Å². The van der Waals surface area contributed by atoms with Crippen molar-refractivity contribution >= 4 is 17.6 Å². The minimum Gasteiger partial charge on any atom is -0.481 e. The lowest BCUT2D eigenvalue weighted by molar-refractivity contribution is -0.148. The number of hydrogen-bond acceptors (Lipinski definition) is 2. The molecule has 0 bridgehead atoms. The summed E-state index contributed by atoms with van der Waals surface area (Å²) in [5.41, 5.74) is 11.1. The molecule has 1 N–H and O–H groups in total. The van der Waals surface area contributed by atoms with Crippen LogP contribution in [-0.2, 0) is 30.5 Å². The first-order valence-corrected chi connectivity index (χ1v) is 11.6. The van der Waals surface area contributed by atoms with Gasteiger partial charge in [0.25, 0.3) is 0 Å². The number of carboxylic acid groups (broad SMARTS) is 1. The Hall–Kier alpha value is -3.17. The summed E-state index contributed by atoms with van der Waals surface area (Å²) in [5.74, 6) is -0.832. The predicted octanol–water partition coefficient (Wildman–Crippen LogP) is 4.86. The zero-order valence-corrected chi connectivity index (χ0v) is 18.1. The predicted molar refractivity (Wildman–Crippen MR) is 128 cm³/mol. The average Bonchev–Trinajstić information content (AvgIpc) is 3.36. The molecule has 3 aromatic carbocycles. The summed E-state index contributed by atoms with van der Waals surface area (Å²) >= 11 is 0. The molecular weight excluding hydrogens is 394 g/mol. The van der Waals surface area contributed by atoms with Gasteiger partial charge < -0.3 is 5.11 Å². The molecular formula is C29H27NO2. The molecule has 1 heterocycles. The average molecular weight is 422 g/mol. The van der Waals surface area contributed by atoms with Gasteiger partial charge in [0, 0.05) is 19.1 Å². The number of likely N-dealkylation sites (tertiary alicyclic amines) is 1. The molecule has 3 nitrogen and oxygen atoms in total. The van der Waals surface area contributed by atoms with Crippen LogP contribution in [-0.4, -0.2) is 35.1 Å². The van der Waals surface area contributed by atoms with E-state index in [9.17, 15) is 4.79 Å². The van der Waals surface area contributed by atoms with E-state index >= 15 is 0 Å². The van der Waals surface area contributed by atoms with Gasteiger partial charge in [-0.2, -0.15) is 0 Å². The maximum Gasteiger partial charge on any atom is 0.309 e. The van der Waals surface area contributed by atoms with E-state index in [1.807, 2.05) is 0 Å². The van der Waals surface area contributed by atoms with Crippen LogP contribution in [0.1, 0.15) is 38.9 Å². The van der Waals surface area contributed by atoms with Crippen molar-refractivity contribution in [3.8, 4) is 0 Å². The van der Waals surface area contributed by atoms with Crippen LogP contribution < -0.4 is 0 Å². The monoisotopic (exact) mass is 421 g/mol. The topological polar surface area (TPSA) is 40.5 Å². The summed E-state index contributed by atoms with van der Waals surface area (Å²) < 4.78 is 0. The van der Waals surface area contributed by atoms with Gasteiger partial charge >= 0.3 is 5.97 Å². The third-order valence-corrected chi connectivity index (χ3v) is 7.44. The highest BCUT2D eigenvalue weighted by Crippen LogP contribution is 2.36. The van der Waals surface area contributed by atoms with Gasteiger partial charge in [-0.15, -0.1) is 0 Å². The van der Waals surface area contributed by atoms with Gasteiger partial charge in [0.15, 0.2) is 0 Å². The Morgan fingerprint density at radius 2 is 1.66 bits per heavy atom. The first-order chi connectivity index (χ1) is 15.6. The summed E-state index contributed by atoms with van der Waals surface area (Å²) in [4.78, 5) is 13.5. The van der Waals surface area contributed by atoms with Gasteiger partial charge in [-0.1, -0.05) is 72.8 Å². The molecule has 0 saturated carbocycles. The van der Waals surface area contributed by atoms with Gasteiger partial charge in [0.1, 0.15) is 0 Å². The van der Waals surface area contributed by atoms with Crippen LogP contribution in [0.15, 0.2) is 66.7 Å². The third kappa shape index (κ3) is 3.57. The molecule has 0 spiro atoms. The number of allylic oxidation sites excluding steroid dienone is 1. The number of hydrogen-bond donors (Lipinski definition) is 1. The van der Waals surface area contributed by atoms with E-state index in [0.717, 1.165) is 25.7 Å². The van der Waals surface area contributed by atoms with Gasteiger partial charge in [0.2, 0.25) is 0 Å². The minimum absolute atomic E-state index is 0.178. The van der Waals surface area contributed by atoms with Gasteiger partial charge in [0.05, 0.1) is 5.92 Å². The van der Waals surface area contributed by atoms with Crippen molar-refractivity contribution in [2.45, 2.75) is 31.7 Å². The lowest BCUT2D eigenvalue weighted by atomic mass is 9.96. The van der Waals surface area contributed by atoms with E-state index in [-0.39, 0.29) is 5.92 Å². The summed E-state index contributed by atoms with van der Waals surface area (Å²) in [6, 6.07) is 25.0. The Balaban J connectivity index is 1.17.